The average molecular weight is 391 g/mol. The van der Waals surface area contributed by atoms with E-state index in [-0.39, 0.29) is 0 Å². The Morgan fingerprint density at radius 1 is 1.20 bits per heavy atom. The molecule has 0 N–H and O–H groups in total. The summed E-state index contributed by atoms with van der Waals surface area (Å²) >= 11 is 9.28. The zero-order chi connectivity index (χ0) is 17.1. The molecule has 7 nitrogen and oxygen atoms in total. The molecule has 0 aliphatic heterocycles. The zero-order valence-corrected chi connectivity index (χ0v) is 15.1. The molecule has 0 unspecified atom stereocenters. The van der Waals surface area contributed by atoms with E-state index < -0.39 is 0 Å². The summed E-state index contributed by atoms with van der Waals surface area (Å²) < 4.78 is 7.06. The maximum Gasteiger partial charge on any atom is 0.259 e. The standard InChI is InChI=1S/C15H11ClN6OS2/c16-12-6-2-1-5-11(12)14-17-13(19-23-14)9-25-15-18-20-21-22(15)8-10-4-3-7-24-10/h1-7H,8-9H2. The Morgan fingerprint density at radius 3 is 2.96 bits per heavy atom. The van der Waals surface area contributed by atoms with E-state index in [0.29, 0.717) is 34.2 Å². The lowest BCUT2D eigenvalue weighted by molar-refractivity contribution is 0.425. The van der Waals surface area contributed by atoms with Crippen molar-refractivity contribution in [3.63, 3.8) is 0 Å². The van der Waals surface area contributed by atoms with Crippen molar-refractivity contribution in [2.45, 2.75) is 17.5 Å². The van der Waals surface area contributed by atoms with E-state index in [0.717, 1.165) is 5.56 Å². The van der Waals surface area contributed by atoms with Gasteiger partial charge in [-0.2, -0.15) is 4.98 Å². The lowest BCUT2D eigenvalue weighted by Crippen LogP contribution is -2.02. The summed E-state index contributed by atoms with van der Waals surface area (Å²) in [5.41, 5.74) is 0.718. The quantitative estimate of drug-likeness (QED) is 0.463. The van der Waals surface area contributed by atoms with Gasteiger partial charge in [0.1, 0.15) is 0 Å². The second-order valence-corrected chi connectivity index (χ2v) is 7.36. The van der Waals surface area contributed by atoms with Crippen LogP contribution >= 0.6 is 34.7 Å². The van der Waals surface area contributed by atoms with E-state index in [1.54, 1.807) is 22.1 Å². The van der Waals surface area contributed by atoms with Crippen molar-refractivity contribution in [2.75, 3.05) is 0 Å². The molecule has 0 saturated carbocycles. The van der Waals surface area contributed by atoms with E-state index in [1.165, 1.54) is 16.6 Å². The summed E-state index contributed by atoms with van der Waals surface area (Å²) in [6, 6.07) is 11.4. The number of halogens is 1. The number of hydrogen-bond acceptors (Lipinski definition) is 8. The molecule has 126 valence electrons. The highest BCUT2D eigenvalue weighted by Crippen LogP contribution is 2.27. The van der Waals surface area contributed by atoms with Crippen LogP contribution < -0.4 is 0 Å². The lowest BCUT2D eigenvalue weighted by Gasteiger charge is -2.00. The molecule has 0 atom stereocenters. The van der Waals surface area contributed by atoms with E-state index in [1.807, 2.05) is 29.6 Å². The van der Waals surface area contributed by atoms with Gasteiger partial charge in [-0.1, -0.05) is 46.7 Å². The third-order valence-electron chi connectivity index (χ3n) is 3.29. The third kappa shape index (κ3) is 3.73. The number of rotatable bonds is 6. The highest BCUT2D eigenvalue weighted by molar-refractivity contribution is 7.98. The molecule has 25 heavy (non-hydrogen) atoms. The number of tetrazole rings is 1. The SMILES string of the molecule is Clc1ccccc1-c1nc(CSc2nnnn2Cc2cccs2)no1. The number of thiophene rings is 1. The highest BCUT2D eigenvalue weighted by Gasteiger charge is 2.14. The number of aromatic nitrogens is 6. The van der Waals surface area contributed by atoms with Crippen LogP contribution in [0.5, 0.6) is 0 Å². The van der Waals surface area contributed by atoms with Crippen LogP contribution in [0.25, 0.3) is 11.5 Å². The van der Waals surface area contributed by atoms with Gasteiger partial charge in [-0.25, -0.2) is 4.68 Å². The lowest BCUT2D eigenvalue weighted by atomic mass is 10.2. The minimum Gasteiger partial charge on any atom is -0.334 e. The predicted octanol–water partition coefficient (Wildman–Crippen LogP) is 3.78. The van der Waals surface area contributed by atoms with Crippen molar-refractivity contribution in [1.82, 2.24) is 30.3 Å². The first kappa shape index (κ1) is 16.2. The first-order chi connectivity index (χ1) is 12.3. The molecule has 0 aliphatic rings. The Morgan fingerprint density at radius 2 is 2.12 bits per heavy atom. The van der Waals surface area contributed by atoms with Crippen LogP contribution in [-0.2, 0) is 12.3 Å². The van der Waals surface area contributed by atoms with E-state index in [4.69, 9.17) is 16.1 Å². The van der Waals surface area contributed by atoms with Crippen molar-refractivity contribution in [1.29, 1.82) is 0 Å². The van der Waals surface area contributed by atoms with Gasteiger partial charge in [-0.3, -0.25) is 0 Å². The minimum atomic E-state index is 0.402. The van der Waals surface area contributed by atoms with Crippen LogP contribution in [0.2, 0.25) is 5.02 Å². The summed E-state index contributed by atoms with van der Waals surface area (Å²) in [5.74, 6) is 1.46. The Labute approximate surface area is 156 Å². The van der Waals surface area contributed by atoms with Gasteiger partial charge in [0.05, 0.1) is 22.9 Å². The molecule has 10 heteroatoms. The zero-order valence-electron chi connectivity index (χ0n) is 12.7. The number of hydrogen-bond donors (Lipinski definition) is 0. The van der Waals surface area contributed by atoms with E-state index >= 15 is 0 Å². The van der Waals surface area contributed by atoms with E-state index in [9.17, 15) is 0 Å². The molecule has 4 rings (SSSR count). The predicted molar refractivity (Wildman–Crippen MR) is 95.5 cm³/mol. The van der Waals surface area contributed by atoms with Crippen LogP contribution in [0.3, 0.4) is 0 Å². The maximum absolute atomic E-state index is 6.15. The summed E-state index contributed by atoms with van der Waals surface area (Å²) in [4.78, 5) is 5.58. The largest absolute Gasteiger partial charge is 0.334 e. The van der Waals surface area contributed by atoms with Crippen LogP contribution in [0.4, 0.5) is 0 Å². The van der Waals surface area contributed by atoms with E-state index in [2.05, 4.69) is 31.7 Å². The Balaban J connectivity index is 1.45. The second-order valence-electron chi connectivity index (χ2n) is 4.98. The monoisotopic (exact) mass is 390 g/mol. The first-order valence-electron chi connectivity index (χ1n) is 7.28. The molecule has 0 aliphatic carbocycles. The molecule has 0 radical (unpaired) electrons. The topological polar surface area (TPSA) is 82.5 Å². The molecule has 0 bridgehead atoms. The van der Waals surface area contributed by atoms with Crippen molar-refractivity contribution in [3.05, 3.63) is 57.5 Å². The molecular formula is C15H11ClN6OS2. The van der Waals surface area contributed by atoms with Crippen molar-refractivity contribution >= 4 is 34.7 Å². The van der Waals surface area contributed by atoms with Crippen molar-refractivity contribution < 1.29 is 4.52 Å². The summed E-state index contributed by atoms with van der Waals surface area (Å²) in [6.07, 6.45) is 0. The maximum atomic E-state index is 6.15. The highest BCUT2D eigenvalue weighted by atomic mass is 35.5. The number of benzene rings is 1. The Hall–Kier alpha value is -2.23. The fourth-order valence-corrected chi connectivity index (χ4v) is 3.76. The smallest absolute Gasteiger partial charge is 0.259 e. The minimum absolute atomic E-state index is 0.402. The summed E-state index contributed by atoms with van der Waals surface area (Å²) in [5, 5.41) is 19.1. The summed E-state index contributed by atoms with van der Waals surface area (Å²) in [6.45, 7) is 0.643. The van der Waals surface area contributed by atoms with Crippen LogP contribution in [0.1, 0.15) is 10.7 Å². The van der Waals surface area contributed by atoms with Gasteiger partial charge in [-0.15, -0.1) is 16.4 Å². The number of nitrogens with zero attached hydrogens (tertiary/aromatic N) is 6. The average Bonchev–Trinajstić information content (AvgIpc) is 3.36. The fraction of sp³-hybridized carbons (Fsp3) is 0.133. The Kier molecular flexibility index (Phi) is 4.77. The molecule has 0 fully saturated rings. The van der Waals surface area contributed by atoms with Gasteiger partial charge in [0.25, 0.3) is 5.89 Å². The third-order valence-corrected chi connectivity index (χ3v) is 5.43. The second kappa shape index (κ2) is 7.34. The molecule has 0 spiro atoms. The first-order valence-corrected chi connectivity index (χ1v) is 9.53. The van der Waals surface area contributed by atoms with Gasteiger partial charge < -0.3 is 4.52 Å². The fourth-order valence-electron chi connectivity index (χ4n) is 2.13. The molecule has 0 saturated heterocycles. The molecular weight excluding hydrogens is 380 g/mol. The van der Waals surface area contributed by atoms with Crippen LogP contribution in [0, 0.1) is 0 Å². The Bertz CT molecular complexity index is 968. The molecule has 4 aromatic rings. The molecule has 3 aromatic heterocycles. The molecule has 3 heterocycles. The van der Waals surface area contributed by atoms with Crippen LogP contribution in [0.15, 0.2) is 51.5 Å². The molecule has 0 amide bonds. The molecule has 1 aromatic carbocycles. The van der Waals surface area contributed by atoms with Gasteiger partial charge in [0, 0.05) is 4.88 Å². The van der Waals surface area contributed by atoms with Crippen molar-refractivity contribution in [3.8, 4) is 11.5 Å². The van der Waals surface area contributed by atoms with Crippen molar-refractivity contribution in [2.24, 2.45) is 0 Å². The number of thioether (sulfide) groups is 1. The van der Waals surface area contributed by atoms with Gasteiger partial charge in [0.15, 0.2) is 5.82 Å². The normalized spacial score (nSPS) is 11.1. The van der Waals surface area contributed by atoms with Gasteiger partial charge >= 0.3 is 0 Å². The van der Waals surface area contributed by atoms with Crippen LogP contribution in [-0.4, -0.2) is 30.3 Å². The van der Waals surface area contributed by atoms with Gasteiger partial charge in [-0.05, 0) is 34.0 Å². The van der Waals surface area contributed by atoms with Gasteiger partial charge in [0.2, 0.25) is 5.16 Å². The summed E-state index contributed by atoms with van der Waals surface area (Å²) in [7, 11) is 0.